The Morgan fingerprint density at radius 2 is 1.81 bits per heavy atom. The van der Waals surface area contributed by atoms with E-state index in [0.29, 0.717) is 12.5 Å². The lowest BCUT2D eigenvalue weighted by Crippen LogP contribution is -2.52. The zero-order valence-electron chi connectivity index (χ0n) is 15.0. The predicted octanol–water partition coefficient (Wildman–Crippen LogP) is 1.24. The maximum Gasteiger partial charge on any atom is 0.327 e. The molecule has 8 nitrogen and oxygen atoms in total. The molecule has 2 aromatic heterocycles. The van der Waals surface area contributed by atoms with Gasteiger partial charge in [-0.15, -0.1) is 0 Å². The van der Waals surface area contributed by atoms with Gasteiger partial charge in [0, 0.05) is 31.3 Å². The zero-order valence-corrected chi connectivity index (χ0v) is 15.0. The van der Waals surface area contributed by atoms with E-state index in [1.165, 1.54) is 12.4 Å². The summed E-state index contributed by atoms with van der Waals surface area (Å²) < 4.78 is 0. The molecule has 140 valence electrons. The van der Waals surface area contributed by atoms with Crippen molar-refractivity contribution < 1.29 is 14.4 Å². The van der Waals surface area contributed by atoms with Gasteiger partial charge in [-0.3, -0.25) is 35.2 Å². The lowest BCUT2D eigenvalue weighted by Gasteiger charge is -2.38. The minimum absolute atomic E-state index is 0.184. The fraction of sp³-hybridized carbons (Fsp3) is 0.316. The highest BCUT2D eigenvalue weighted by molar-refractivity contribution is 6.35. The highest BCUT2D eigenvalue weighted by Gasteiger charge is 2.34. The Balaban J connectivity index is 1.66. The number of rotatable bonds is 2. The molecule has 1 aliphatic rings. The van der Waals surface area contributed by atoms with Gasteiger partial charge in [0.05, 0.1) is 11.6 Å². The number of nitrogens with zero attached hydrogens (tertiary/aromatic N) is 3. The number of carbonyl (C=O) groups excluding carboxylic acids is 3. The van der Waals surface area contributed by atoms with Crippen LogP contribution in [0.5, 0.6) is 0 Å². The average molecular weight is 367 g/mol. The summed E-state index contributed by atoms with van der Waals surface area (Å²) in [6, 6.07) is 6.68. The third-order valence-corrected chi connectivity index (χ3v) is 4.58. The van der Waals surface area contributed by atoms with Crippen molar-refractivity contribution in [3.63, 3.8) is 0 Å². The highest BCUT2D eigenvalue weighted by Crippen LogP contribution is 2.32. The number of hydrogen-bond donors (Lipinski definition) is 2. The Bertz CT molecular complexity index is 813. The quantitative estimate of drug-likeness (QED) is 0.614. The molecule has 3 rings (SSSR count). The second kappa shape index (κ2) is 8.39. The highest BCUT2D eigenvalue weighted by atomic mass is 16.2. The Hall–Kier alpha value is -3.29. The fourth-order valence-corrected chi connectivity index (χ4v) is 3.18. The first kappa shape index (κ1) is 18.5. The van der Waals surface area contributed by atoms with Gasteiger partial charge in [0.2, 0.25) is 0 Å². The monoisotopic (exact) mass is 367 g/mol. The number of piperidine rings is 1. The van der Waals surface area contributed by atoms with Gasteiger partial charge in [-0.25, -0.2) is 0 Å². The molecule has 3 amide bonds. The van der Waals surface area contributed by atoms with Crippen LogP contribution in [0.2, 0.25) is 0 Å². The summed E-state index contributed by atoms with van der Waals surface area (Å²) >= 11 is 0. The zero-order chi connectivity index (χ0) is 19.2. The number of pyridine rings is 2. The number of nitrogens with one attached hydrogen (secondary N) is 2. The molecular weight excluding hydrogens is 346 g/mol. The van der Waals surface area contributed by atoms with E-state index in [1.54, 1.807) is 29.4 Å². The van der Waals surface area contributed by atoms with Crippen molar-refractivity contribution in [2.45, 2.75) is 25.8 Å². The first-order chi connectivity index (χ1) is 13.1. The second-order valence-electron chi connectivity index (χ2n) is 6.59. The molecular formula is C19H21N5O3. The number of hydrogen-bond acceptors (Lipinski definition) is 5. The summed E-state index contributed by atoms with van der Waals surface area (Å²) in [7, 11) is 0. The van der Waals surface area contributed by atoms with Crippen molar-refractivity contribution in [1.82, 2.24) is 25.7 Å². The predicted molar refractivity (Wildman–Crippen MR) is 96.9 cm³/mol. The molecule has 1 fully saturated rings. The summed E-state index contributed by atoms with van der Waals surface area (Å²) in [5, 5.41) is 0. The van der Waals surface area contributed by atoms with Crippen LogP contribution < -0.4 is 10.9 Å². The molecule has 2 aromatic rings. The van der Waals surface area contributed by atoms with Gasteiger partial charge in [0.15, 0.2) is 0 Å². The Morgan fingerprint density at radius 3 is 2.52 bits per heavy atom. The minimum atomic E-state index is -0.875. The molecule has 8 heteroatoms. The first-order valence-electron chi connectivity index (χ1n) is 8.77. The van der Waals surface area contributed by atoms with Gasteiger partial charge >= 0.3 is 11.8 Å². The van der Waals surface area contributed by atoms with Gasteiger partial charge in [-0.2, -0.15) is 0 Å². The molecule has 0 aliphatic carbocycles. The van der Waals surface area contributed by atoms with Crippen molar-refractivity contribution in [3.05, 3.63) is 60.2 Å². The van der Waals surface area contributed by atoms with Crippen LogP contribution in [-0.4, -0.2) is 39.1 Å². The van der Waals surface area contributed by atoms with Crippen LogP contribution in [0.3, 0.4) is 0 Å². The van der Waals surface area contributed by atoms with Crippen LogP contribution in [0.25, 0.3) is 0 Å². The van der Waals surface area contributed by atoms with E-state index in [9.17, 15) is 14.4 Å². The van der Waals surface area contributed by atoms with Crippen LogP contribution in [0, 0.1) is 5.92 Å². The van der Waals surface area contributed by atoms with Crippen LogP contribution >= 0.6 is 0 Å². The maximum atomic E-state index is 12.7. The second-order valence-corrected chi connectivity index (χ2v) is 6.59. The molecule has 1 saturated heterocycles. The van der Waals surface area contributed by atoms with Crippen LogP contribution in [0.1, 0.15) is 41.7 Å². The third-order valence-electron chi connectivity index (χ3n) is 4.58. The molecule has 2 unspecified atom stereocenters. The van der Waals surface area contributed by atoms with E-state index in [-0.39, 0.29) is 11.6 Å². The molecule has 0 spiro atoms. The smallest absolute Gasteiger partial charge is 0.327 e. The average Bonchev–Trinajstić information content (AvgIpc) is 2.72. The summed E-state index contributed by atoms with van der Waals surface area (Å²) in [6.07, 6.45) is 7.99. The molecule has 0 radical (unpaired) electrons. The van der Waals surface area contributed by atoms with E-state index < -0.39 is 17.7 Å². The van der Waals surface area contributed by atoms with Crippen LogP contribution in [0.4, 0.5) is 0 Å². The van der Waals surface area contributed by atoms with Crippen molar-refractivity contribution >= 4 is 17.7 Å². The van der Waals surface area contributed by atoms with E-state index in [0.717, 1.165) is 18.4 Å². The number of hydrazine groups is 1. The number of likely N-dealkylation sites (tertiary alicyclic amines) is 1. The molecule has 0 bridgehead atoms. The van der Waals surface area contributed by atoms with Gasteiger partial charge in [-0.05, 0) is 48.6 Å². The van der Waals surface area contributed by atoms with E-state index in [1.807, 2.05) is 19.1 Å². The number of amides is 3. The molecule has 3 heterocycles. The summed E-state index contributed by atoms with van der Waals surface area (Å²) in [4.78, 5) is 46.4. The molecule has 2 N–H and O–H groups in total. The molecule has 2 atom stereocenters. The standard InChI is InChI=1S/C19H21N5O3/c1-13-4-5-16(14-6-9-20-10-7-14)24(12-13)19(27)18(26)23-22-17(25)15-3-2-8-21-11-15/h2-3,6-11,13,16H,4-5,12H2,1H3,(H,22,25)(H,23,26). The van der Waals surface area contributed by atoms with Crippen LogP contribution in [-0.2, 0) is 9.59 Å². The third kappa shape index (κ3) is 4.46. The molecule has 0 saturated carbocycles. The van der Waals surface area contributed by atoms with Gasteiger partial charge in [-0.1, -0.05) is 6.92 Å². The fourth-order valence-electron chi connectivity index (χ4n) is 3.18. The maximum absolute atomic E-state index is 12.7. The Kier molecular flexibility index (Phi) is 5.75. The first-order valence-corrected chi connectivity index (χ1v) is 8.77. The number of carbonyl (C=O) groups is 3. The van der Waals surface area contributed by atoms with E-state index in [4.69, 9.17) is 0 Å². The Labute approximate surface area is 157 Å². The lowest BCUT2D eigenvalue weighted by atomic mass is 9.90. The van der Waals surface area contributed by atoms with Gasteiger partial charge < -0.3 is 4.90 Å². The Morgan fingerprint density at radius 1 is 1.04 bits per heavy atom. The molecule has 1 aliphatic heterocycles. The molecule has 27 heavy (non-hydrogen) atoms. The SMILES string of the molecule is CC1CCC(c2ccncc2)N(C(=O)C(=O)NNC(=O)c2cccnc2)C1. The largest absolute Gasteiger partial charge is 0.327 e. The molecule has 0 aromatic carbocycles. The summed E-state index contributed by atoms with van der Waals surface area (Å²) in [6.45, 7) is 2.53. The topological polar surface area (TPSA) is 104 Å². The number of aromatic nitrogens is 2. The van der Waals surface area contributed by atoms with Gasteiger partial charge in [0.1, 0.15) is 0 Å². The summed E-state index contributed by atoms with van der Waals surface area (Å²) in [5.74, 6) is -1.79. The van der Waals surface area contributed by atoms with E-state index >= 15 is 0 Å². The summed E-state index contributed by atoms with van der Waals surface area (Å²) in [5.41, 5.74) is 5.67. The lowest BCUT2D eigenvalue weighted by molar-refractivity contribution is -0.149. The normalized spacial score (nSPS) is 19.2. The van der Waals surface area contributed by atoms with Crippen molar-refractivity contribution in [2.75, 3.05) is 6.54 Å². The van der Waals surface area contributed by atoms with Gasteiger partial charge in [0.25, 0.3) is 5.91 Å². The van der Waals surface area contributed by atoms with Crippen LogP contribution in [0.15, 0.2) is 49.1 Å². The van der Waals surface area contributed by atoms with Crippen molar-refractivity contribution in [1.29, 1.82) is 0 Å². The van der Waals surface area contributed by atoms with Crippen molar-refractivity contribution in [3.8, 4) is 0 Å². The van der Waals surface area contributed by atoms with Crippen molar-refractivity contribution in [2.24, 2.45) is 5.92 Å². The minimum Gasteiger partial charge on any atom is -0.327 e. The van der Waals surface area contributed by atoms with E-state index in [2.05, 4.69) is 20.8 Å².